The average molecular weight is 315 g/mol. The Kier molecular flexibility index (Phi) is 21.4. The van der Waals surface area contributed by atoms with Gasteiger partial charge in [0.2, 0.25) is 0 Å². The molecule has 122 valence electrons. The molecule has 5 heteroatoms. The largest absolute Gasteiger partial charge is 0.481 e. The lowest BCUT2D eigenvalue weighted by Crippen LogP contribution is -2.32. The molecule has 1 atom stereocenters. The summed E-state index contributed by atoms with van der Waals surface area (Å²) in [6.07, 6.45) is 0.822. The van der Waals surface area contributed by atoms with Crippen LogP contribution in [0.5, 0.6) is 0 Å². The minimum absolute atomic E-state index is 0.0440. The van der Waals surface area contributed by atoms with Crippen molar-refractivity contribution in [1.82, 2.24) is 5.32 Å². The molecule has 1 aromatic heterocycles. The Morgan fingerprint density at radius 3 is 1.67 bits per heavy atom. The van der Waals surface area contributed by atoms with Gasteiger partial charge in [0, 0.05) is 12.6 Å². The van der Waals surface area contributed by atoms with E-state index in [0.717, 1.165) is 19.0 Å². The Bertz CT molecular complexity index is 340. The summed E-state index contributed by atoms with van der Waals surface area (Å²) in [7, 11) is 0. The number of carboxylic acid groups (broad SMARTS) is 1. The first-order chi connectivity index (χ1) is 9.81. The normalized spacial score (nSPS) is 9.24. The van der Waals surface area contributed by atoms with E-state index in [9.17, 15) is 4.79 Å². The summed E-state index contributed by atoms with van der Waals surface area (Å²) in [5, 5.41) is 14.5. The van der Waals surface area contributed by atoms with Crippen molar-refractivity contribution in [2.45, 2.75) is 54.0 Å². The fraction of sp³-hybridized carbons (Fsp3) is 0.500. The van der Waals surface area contributed by atoms with E-state index in [1.165, 1.54) is 0 Å². The van der Waals surface area contributed by atoms with E-state index in [-0.39, 0.29) is 11.8 Å². The van der Waals surface area contributed by atoms with Gasteiger partial charge in [-0.3, -0.25) is 9.59 Å². The molecule has 1 heterocycles. The number of hydrogen-bond acceptors (Lipinski definition) is 4. The van der Waals surface area contributed by atoms with E-state index in [2.05, 4.69) is 11.9 Å². The second-order valence-electron chi connectivity index (χ2n) is 3.81. The van der Waals surface area contributed by atoms with Gasteiger partial charge in [-0.15, -0.1) is 0 Å². The molecule has 0 fully saturated rings. The molecular weight excluding hydrogens is 286 g/mol. The van der Waals surface area contributed by atoms with E-state index in [1.54, 1.807) is 18.3 Å². The van der Waals surface area contributed by atoms with Gasteiger partial charge in [0.25, 0.3) is 5.97 Å². The molecule has 1 aromatic rings. The lowest BCUT2D eigenvalue weighted by atomic mass is 10.1. The molecule has 2 N–H and O–H groups in total. The quantitative estimate of drug-likeness (QED) is 0.867. The number of ketones is 1. The topological polar surface area (TPSA) is 66.4 Å². The fourth-order valence-corrected chi connectivity index (χ4v) is 1.47. The van der Waals surface area contributed by atoms with E-state index in [4.69, 9.17) is 9.90 Å². The standard InChI is InChI=1S/C8H15NO.C4H4S.C2H4O2.C2H6/c1-5-8(7(4)10)9-6(2)3;1-2-4-5-3-1;1-2(3)4;1-2/h8-9H,2,5H2,1,3-4H3;1-4H;1H3,(H,3,4);1-2H3/t8-;;;/m0.../s1. The number of carbonyl (C=O) groups excluding carboxylic acids is 1. The third-order valence-electron chi connectivity index (χ3n) is 1.74. The highest BCUT2D eigenvalue weighted by molar-refractivity contribution is 7.07. The zero-order valence-corrected chi connectivity index (χ0v) is 14.8. The van der Waals surface area contributed by atoms with Crippen LogP contribution in [0.25, 0.3) is 0 Å². The minimum atomic E-state index is -0.833. The molecule has 0 bridgehead atoms. The molecule has 4 nitrogen and oxygen atoms in total. The summed E-state index contributed by atoms with van der Waals surface area (Å²) in [6, 6.07) is 3.99. The number of rotatable bonds is 4. The SMILES string of the molecule is C=C(C)N[C@@H](CC)C(C)=O.CC.CC(=O)O.c1ccsc1. The number of nitrogens with one attached hydrogen (secondary N) is 1. The maximum absolute atomic E-state index is 10.8. The number of carbonyl (C=O) groups is 2. The van der Waals surface area contributed by atoms with Crippen LogP contribution in [0.2, 0.25) is 0 Å². The van der Waals surface area contributed by atoms with Crippen LogP contribution in [-0.2, 0) is 9.59 Å². The number of hydrogen-bond donors (Lipinski definition) is 2. The molecule has 0 aliphatic rings. The van der Waals surface area contributed by atoms with Gasteiger partial charge in [-0.1, -0.05) is 39.5 Å². The summed E-state index contributed by atoms with van der Waals surface area (Å²) >= 11 is 1.71. The summed E-state index contributed by atoms with van der Waals surface area (Å²) < 4.78 is 0. The Morgan fingerprint density at radius 2 is 1.57 bits per heavy atom. The maximum Gasteiger partial charge on any atom is 0.300 e. The Labute approximate surface area is 132 Å². The van der Waals surface area contributed by atoms with Crippen molar-refractivity contribution in [2.24, 2.45) is 0 Å². The van der Waals surface area contributed by atoms with Crippen molar-refractivity contribution in [1.29, 1.82) is 0 Å². The van der Waals surface area contributed by atoms with Crippen molar-refractivity contribution < 1.29 is 14.7 Å². The van der Waals surface area contributed by atoms with E-state index in [0.29, 0.717) is 0 Å². The first kappa shape index (κ1) is 24.4. The molecule has 0 aromatic carbocycles. The Balaban J connectivity index is -0.000000245. The van der Waals surface area contributed by atoms with Crippen LogP contribution in [0.1, 0.15) is 48.0 Å². The molecule has 0 spiro atoms. The van der Waals surface area contributed by atoms with Crippen LogP contribution in [0.15, 0.2) is 35.2 Å². The van der Waals surface area contributed by atoms with Crippen molar-refractivity contribution in [2.75, 3.05) is 0 Å². The number of aliphatic carboxylic acids is 1. The highest BCUT2D eigenvalue weighted by atomic mass is 32.1. The third kappa shape index (κ3) is 27.5. The van der Waals surface area contributed by atoms with Gasteiger partial charge in [-0.2, -0.15) is 11.3 Å². The van der Waals surface area contributed by atoms with E-state index in [1.807, 2.05) is 50.6 Å². The number of thiophene rings is 1. The van der Waals surface area contributed by atoms with E-state index >= 15 is 0 Å². The van der Waals surface area contributed by atoms with Crippen LogP contribution in [0, 0.1) is 0 Å². The van der Waals surface area contributed by atoms with Gasteiger partial charge in [0.15, 0.2) is 5.78 Å². The van der Waals surface area contributed by atoms with Crippen molar-refractivity contribution >= 4 is 23.1 Å². The zero-order valence-electron chi connectivity index (χ0n) is 14.0. The molecule has 0 aliphatic carbocycles. The predicted molar refractivity (Wildman–Crippen MR) is 91.7 cm³/mol. The molecule has 0 radical (unpaired) electrons. The van der Waals surface area contributed by atoms with Crippen LogP contribution in [-0.4, -0.2) is 22.9 Å². The minimum Gasteiger partial charge on any atom is -0.481 e. The average Bonchev–Trinajstić information content (AvgIpc) is 2.96. The lowest BCUT2D eigenvalue weighted by Gasteiger charge is -2.13. The highest BCUT2D eigenvalue weighted by Crippen LogP contribution is 1.94. The van der Waals surface area contributed by atoms with Gasteiger partial charge < -0.3 is 10.4 Å². The van der Waals surface area contributed by atoms with Crippen LogP contribution >= 0.6 is 11.3 Å². The van der Waals surface area contributed by atoms with E-state index < -0.39 is 5.97 Å². The second-order valence-corrected chi connectivity index (χ2v) is 4.62. The van der Waals surface area contributed by atoms with Gasteiger partial charge >= 0.3 is 0 Å². The molecule has 0 amide bonds. The molecule has 0 unspecified atom stereocenters. The van der Waals surface area contributed by atoms with Crippen LogP contribution < -0.4 is 5.32 Å². The Hall–Kier alpha value is -1.62. The highest BCUT2D eigenvalue weighted by Gasteiger charge is 2.08. The summed E-state index contributed by atoms with van der Waals surface area (Å²) in [5.41, 5.74) is 0.849. The molecular formula is C16H29NO3S. The number of carboxylic acids is 1. The summed E-state index contributed by atoms with van der Waals surface area (Å²) in [4.78, 5) is 19.8. The number of Topliss-reactive ketones (excluding diaryl/α,β-unsaturated/α-hetero) is 1. The first-order valence-electron chi connectivity index (χ1n) is 6.90. The summed E-state index contributed by atoms with van der Waals surface area (Å²) in [5.74, 6) is -0.662. The molecule has 21 heavy (non-hydrogen) atoms. The molecule has 0 aliphatic heterocycles. The smallest absolute Gasteiger partial charge is 0.300 e. The Morgan fingerprint density at radius 1 is 1.19 bits per heavy atom. The molecule has 0 saturated carbocycles. The maximum atomic E-state index is 10.8. The zero-order chi connectivity index (χ0) is 17.3. The van der Waals surface area contributed by atoms with Gasteiger partial charge in [0.05, 0.1) is 6.04 Å². The van der Waals surface area contributed by atoms with Crippen molar-refractivity contribution in [3.05, 3.63) is 35.2 Å². The van der Waals surface area contributed by atoms with Crippen LogP contribution in [0.3, 0.4) is 0 Å². The first-order valence-corrected chi connectivity index (χ1v) is 7.84. The summed E-state index contributed by atoms with van der Waals surface area (Å²) in [6.45, 7) is 14.2. The van der Waals surface area contributed by atoms with Gasteiger partial charge in [0.1, 0.15) is 0 Å². The molecule has 1 rings (SSSR count). The van der Waals surface area contributed by atoms with Crippen molar-refractivity contribution in [3.63, 3.8) is 0 Å². The monoisotopic (exact) mass is 315 g/mol. The fourth-order valence-electron chi connectivity index (χ4n) is 1.02. The van der Waals surface area contributed by atoms with Gasteiger partial charge in [-0.05, 0) is 31.0 Å². The van der Waals surface area contributed by atoms with Gasteiger partial charge in [-0.25, -0.2) is 0 Å². The molecule has 0 saturated heterocycles. The van der Waals surface area contributed by atoms with Crippen LogP contribution in [0.4, 0.5) is 0 Å². The number of allylic oxidation sites excluding steroid dienone is 1. The lowest BCUT2D eigenvalue weighted by molar-refractivity contribution is -0.134. The van der Waals surface area contributed by atoms with Crippen molar-refractivity contribution in [3.8, 4) is 0 Å². The second kappa shape index (κ2) is 18.4. The predicted octanol–water partition coefficient (Wildman–Crippen LogP) is 4.34. The third-order valence-corrected chi connectivity index (χ3v) is 2.37.